The first-order valence-electron chi connectivity index (χ1n) is 7.16. The van der Waals surface area contributed by atoms with Crippen molar-refractivity contribution in [1.29, 1.82) is 0 Å². The van der Waals surface area contributed by atoms with Gasteiger partial charge < -0.3 is 14.4 Å². The van der Waals surface area contributed by atoms with Crippen LogP contribution in [-0.2, 0) is 9.22 Å². The van der Waals surface area contributed by atoms with Crippen LogP contribution in [0.15, 0.2) is 0 Å². The lowest BCUT2D eigenvalue weighted by atomic mass is 9.87. The summed E-state index contributed by atoms with van der Waals surface area (Å²) in [6, 6.07) is 0.0247. The van der Waals surface area contributed by atoms with Gasteiger partial charge in [-0.25, -0.2) is 0 Å². The molecule has 0 aliphatic carbocycles. The first-order valence-corrected chi connectivity index (χ1v) is 10.1. The zero-order valence-corrected chi connectivity index (χ0v) is 14.4. The van der Waals surface area contributed by atoms with Gasteiger partial charge in [0.05, 0.1) is 6.04 Å². The maximum Gasteiger partial charge on any atom is 0.252 e. The van der Waals surface area contributed by atoms with Crippen LogP contribution in [0.1, 0.15) is 34.6 Å². The number of likely N-dealkylation sites (N-methyl/N-ethyl adjacent to an activating group) is 1. The SMILES string of the molecule is CCN1C(=O)C(O[Si](C)(C)C(C)(C)C)C1C(C)CO. The minimum Gasteiger partial charge on any atom is -0.403 e. The molecular formula is C14H29NO3Si. The molecule has 1 aliphatic rings. The van der Waals surface area contributed by atoms with E-state index in [-0.39, 0.29) is 35.6 Å². The molecule has 4 nitrogen and oxygen atoms in total. The van der Waals surface area contributed by atoms with E-state index in [1.165, 1.54) is 0 Å². The normalized spacial score (nSPS) is 26.3. The molecule has 3 unspecified atom stereocenters. The molecule has 112 valence electrons. The highest BCUT2D eigenvalue weighted by molar-refractivity contribution is 6.74. The highest BCUT2D eigenvalue weighted by atomic mass is 28.4. The maximum absolute atomic E-state index is 12.2. The van der Waals surface area contributed by atoms with E-state index in [9.17, 15) is 9.90 Å². The molecule has 0 saturated carbocycles. The van der Waals surface area contributed by atoms with Crippen molar-refractivity contribution in [2.45, 2.75) is 64.9 Å². The predicted octanol–water partition coefficient (Wildman–Crippen LogP) is 2.24. The summed E-state index contributed by atoms with van der Waals surface area (Å²) >= 11 is 0. The molecule has 3 atom stereocenters. The Kier molecular flexibility index (Phi) is 4.86. The van der Waals surface area contributed by atoms with Gasteiger partial charge in [-0.2, -0.15) is 0 Å². The van der Waals surface area contributed by atoms with Crippen LogP contribution in [0.4, 0.5) is 0 Å². The minimum absolute atomic E-state index is 0.0247. The Bertz CT molecular complexity index is 338. The third-order valence-corrected chi connectivity index (χ3v) is 9.09. The van der Waals surface area contributed by atoms with E-state index in [1.54, 1.807) is 0 Å². The molecule has 1 rings (SSSR count). The highest BCUT2D eigenvalue weighted by Gasteiger charge is 2.53. The maximum atomic E-state index is 12.2. The zero-order chi connectivity index (χ0) is 15.0. The van der Waals surface area contributed by atoms with E-state index in [1.807, 2.05) is 18.7 Å². The zero-order valence-electron chi connectivity index (χ0n) is 13.4. The number of aliphatic hydroxyl groups excluding tert-OH is 1. The van der Waals surface area contributed by atoms with Gasteiger partial charge >= 0.3 is 0 Å². The second-order valence-corrected chi connectivity index (χ2v) is 11.8. The van der Waals surface area contributed by atoms with Gasteiger partial charge in [-0.1, -0.05) is 27.7 Å². The lowest BCUT2D eigenvalue weighted by Crippen LogP contribution is -2.70. The van der Waals surface area contributed by atoms with E-state index in [0.717, 1.165) is 0 Å². The molecule has 0 radical (unpaired) electrons. The molecule has 1 N–H and O–H groups in total. The summed E-state index contributed by atoms with van der Waals surface area (Å²) in [5.74, 6) is 0.144. The molecule has 0 bridgehead atoms. The minimum atomic E-state index is -1.95. The van der Waals surface area contributed by atoms with E-state index < -0.39 is 8.32 Å². The van der Waals surface area contributed by atoms with Crippen molar-refractivity contribution in [3.8, 4) is 0 Å². The van der Waals surface area contributed by atoms with E-state index in [2.05, 4.69) is 33.9 Å². The Morgan fingerprint density at radius 1 is 1.42 bits per heavy atom. The van der Waals surface area contributed by atoms with Gasteiger partial charge in [0.1, 0.15) is 6.10 Å². The molecule has 0 aromatic heterocycles. The number of likely N-dealkylation sites (tertiary alicyclic amines) is 1. The molecule has 1 fully saturated rings. The fraction of sp³-hybridized carbons (Fsp3) is 0.929. The second-order valence-electron chi connectivity index (χ2n) is 7.07. The third kappa shape index (κ3) is 3.03. The van der Waals surface area contributed by atoms with E-state index >= 15 is 0 Å². The van der Waals surface area contributed by atoms with Crippen molar-refractivity contribution in [3.05, 3.63) is 0 Å². The molecule has 0 aromatic carbocycles. The summed E-state index contributed by atoms with van der Waals surface area (Å²) in [6.07, 6.45) is -0.358. The van der Waals surface area contributed by atoms with Crippen molar-refractivity contribution in [2.24, 2.45) is 5.92 Å². The Labute approximate surface area is 118 Å². The van der Waals surface area contributed by atoms with E-state index in [4.69, 9.17) is 4.43 Å². The molecule has 5 heteroatoms. The first kappa shape index (κ1) is 16.7. The van der Waals surface area contributed by atoms with Gasteiger partial charge in [-0.3, -0.25) is 4.79 Å². The van der Waals surface area contributed by atoms with Crippen LogP contribution >= 0.6 is 0 Å². The van der Waals surface area contributed by atoms with Crippen molar-refractivity contribution in [3.63, 3.8) is 0 Å². The standard InChI is InChI=1S/C14H29NO3Si/c1-8-15-11(10(2)9-16)12(13(15)17)18-19(6,7)14(3,4)5/h10-12,16H,8-9H2,1-7H3. The summed E-state index contributed by atoms with van der Waals surface area (Å²) in [4.78, 5) is 14.0. The number of hydrogen-bond acceptors (Lipinski definition) is 3. The fourth-order valence-corrected chi connectivity index (χ4v) is 3.46. The van der Waals surface area contributed by atoms with Crippen LogP contribution < -0.4 is 0 Å². The summed E-state index contributed by atoms with van der Waals surface area (Å²) in [7, 11) is -1.95. The van der Waals surface area contributed by atoms with Crippen LogP contribution in [0, 0.1) is 5.92 Å². The molecule has 1 amide bonds. The molecule has 1 aliphatic heterocycles. The van der Waals surface area contributed by atoms with Gasteiger partial charge in [-0.15, -0.1) is 0 Å². The number of β-lactam (4-membered cyclic amide) rings is 1. The topological polar surface area (TPSA) is 49.8 Å². The van der Waals surface area contributed by atoms with Crippen molar-refractivity contribution < 1.29 is 14.3 Å². The van der Waals surface area contributed by atoms with Crippen LogP contribution in [0.5, 0.6) is 0 Å². The van der Waals surface area contributed by atoms with Crippen LogP contribution in [0.3, 0.4) is 0 Å². The molecule has 1 heterocycles. The quantitative estimate of drug-likeness (QED) is 0.623. The number of nitrogens with zero attached hydrogens (tertiary/aromatic N) is 1. The first-order chi connectivity index (χ1) is 8.56. The highest BCUT2D eigenvalue weighted by Crippen LogP contribution is 2.40. The summed E-state index contributed by atoms with van der Waals surface area (Å²) in [6.45, 7) is 15.6. The largest absolute Gasteiger partial charge is 0.403 e. The third-order valence-electron chi connectivity index (χ3n) is 4.64. The Balaban J connectivity index is 2.85. The number of rotatable bonds is 5. The van der Waals surface area contributed by atoms with Gasteiger partial charge in [0.15, 0.2) is 8.32 Å². The van der Waals surface area contributed by atoms with E-state index in [0.29, 0.717) is 6.54 Å². The lowest BCUT2D eigenvalue weighted by molar-refractivity contribution is -0.169. The second kappa shape index (κ2) is 5.54. The van der Waals surface area contributed by atoms with Crippen molar-refractivity contribution >= 4 is 14.2 Å². The predicted molar refractivity (Wildman–Crippen MR) is 79.5 cm³/mol. The van der Waals surface area contributed by atoms with Gasteiger partial charge in [0, 0.05) is 19.1 Å². The lowest BCUT2D eigenvalue weighted by Gasteiger charge is -2.52. The average molecular weight is 287 g/mol. The molecule has 0 spiro atoms. The van der Waals surface area contributed by atoms with Crippen LogP contribution in [-0.4, -0.2) is 49.5 Å². The molecule has 19 heavy (non-hydrogen) atoms. The number of amides is 1. The van der Waals surface area contributed by atoms with Crippen LogP contribution in [0.2, 0.25) is 18.1 Å². The number of hydrogen-bond donors (Lipinski definition) is 1. The molecule has 1 saturated heterocycles. The van der Waals surface area contributed by atoms with Gasteiger partial charge in [0.25, 0.3) is 5.91 Å². The Morgan fingerprint density at radius 3 is 2.32 bits per heavy atom. The monoisotopic (exact) mass is 287 g/mol. The Morgan fingerprint density at radius 2 is 1.95 bits per heavy atom. The molecular weight excluding hydrogens is 258 g/mol. The summed E-state index contributed by atoms with van der Waals surface area (Å²) in [5.41, 5.74) is 0. The van der Waals surface area contributed by atoms with Crippen molar-refractivity contribution in [1.82, 2.24) is 4.90 Å². The number of carbonyl (C=O) groups excluding carboxylic acids is 1. The number of carbonyl (C=O) groups is 1. The Hall–Kier alpha value is -0.393. The van der Waals surface area contributed by atoms with Gasteiger partial charge in [-0.05, 0) is 25.1 Å². The van der Waals surface area contributed by atoms with Crippen molar-refractivity contribution in [2.75, 3.05) is 13.2 Å². The van der Waals surface area contributed by atoms with Gasteiger partial charge in [0.2, 0.25) is 0 Å². The number of aliphatic hydroxyl groups is 1. The fourth-order valence-electron chi connectivity index (χ4n) is 2.23. The summed E-state index contributed by atoms with van der Waals surface area (Å²) in [5, 5.41) is 9.45. The average Bonchev–Trinajstić information content (AvgIpc) is 2.30. The van der Waals surface area contributed by atoms with Crippen LogP contribution in [0.25, 0.3) is 0 Å². The molecule has 0 aromatic rings. The summed E-state index contributed by atoms with van der Waals surface area (Å²) < 4.78 is 6.25. The smallest absolute Gasteiger partial charge is 0.252 e.